The fourth-order valence-corrected chi connectivity index (χ4v) is 2.16. The van der Waals surface area contributed by atoms with Crippen molar-refractivity contribution in [1.29, 1.82) is 0 Å². The Morgan fingerprint density at radius 2 is 1.95 bits per heavy atom. The summed E-state index contributed by atoms with van der Waals surface area (Å²) in [6.07, 6.45) is 3.29. The molecule has 110 valence electrons. The first kappa shape index (κ1) is 14.1. The maximum absolute atomic E-state index is 12.2. The highest BCUT2D eigenvalue weighted by Crippen LogP contribution is 2.14. The standard InChI is InChI=1S/C18H16N2O2/c1-2-22-14-10-7-13(8-11-14)9-12-17(21)18-19-15-5-3-4-6-16(15)20-18/h3-12H,2H2,1H3,(H,19,20)/b12-9+. The summed E-state index contributed by atoms with van der Waals surface area (Å²) in [5.74, 6) is 1.02. The molecule has 0 atom stereocenters. The minimum atomic E-state index is -0.148. The number of aromatic nitrogens is 2. The van der Waals surface area contributed by atoms with E-state index >= 15 is 0 Å². The first-order valence-electron chi connectivity index (χ1n) is 7.16. The number of aromatic amines is 1. The van der Waals surface area contributed by atoms with Crippen molar-refractivity contribution < 1.29 is 9.53 Å². The monoisotopic (exact) mass is 292 g/mol. The molecule has 0 saturated heterocycles. The van der Waals surface area contributed by atoms with Gasteiger partial charge in [0.25, 0.3) is 0 Å². The van der Waals surface area contributed by atoms with E-state index in [1.54, 1.807) is 6.08 Å². The SMILES string of the molecule is CCOc1ccc(/C=C/C(=O)c2nc3ccccc3[nH]2)cc1. The fraction of sp³-hybridized carbons (Fsp3) is 0.111. The molecule has 3 aromatic rings. The number of H-pyrrole nitrogens is 1. The van der Waals surface area contributed by atoms with Crippen LogP contribution in [0.2, 0.25) is 0 Å². The van der Waals surface area contributed by atoms with Gasteiger partial charge in [0, 0.05) is 0 Å². The zero-order valence-electron chi connectivity index (χ0n) is 12.2. The molecular weight excluding hydrogens is 276 g/mol. The van der Waals surface area contributed by atoms with Crippen molar-refractivity contribution in [2.24, 2.45) is 0 Å². The summed E-state index contributed by atoms with van der Waals surface area (Å²) in [6.45, 7) is 2.58. The summed E-state index contributed by atoms with van der Waals surface area (Å²) in [4.78, 5) is 19.5. The number of carbonyl (C=O) groups is 1. The van der Waals surface area contributed by atoms with Crippen LogP contribution in [0, 0.1) is 0 Å². The molecule has 3 rings (SSSR count). The van der Waals surface area contributed by atoms with E-state index in [2.05, 4.69) is 9.97 Å². The fourth-order valence-electron chi connectivity index (χ4n) is 2.16. The number of nitrogens with zero attached hydrogens (tertiary/aromatic N) is 1. The molecule has 0 amide bonds. The number of nitrogens with one attached hydrogen (secondary N) is 1. The van der Waals surface area contributed by atoms with Gasteiger partial charge in [0.05, 0.1) is 17.6 Å². The van der Waals surface area contributed by atoms with E-state index in [1.165, 1.54) is 6.08 Å². The lowest BCUT2D eigenvalue weighted by atomic mass is 10.2. The van der Waals surface area contributed by atoms with Crippen LogP contribution in [0.25, 0.3) is 17.1 Å². The second-order valence-corrected chi connectivity index (χ2v) is 4.80. The summed E-state index contributed by atoms with van der Waals surface area (Å²) in [7, 11) is 0. The smallest absolute Gasteiger partial charge is 0.221 e. The lowest BCUT2D eigenvalue weighted by molar-refractivity contribution is 0.103. The minimum absolute atomic E-state index is 0.148. The summed E-state index contributed by atoms with van der Waals surface area (Å²) in [5, 5.41) is 0. The molecule has 0 spiro atoms. The van der Waals surface area contributed by atoms with Crippen molar-refractivity contribution in [3.63, 3.8) is 0 Å². The van der Waals surface area contributed by atoms with E-state index in [1.807, 2.05) is 55.5 Å². The summed E-state index contributed by atoms with van der Waals surface area (Å²) in [5.41, 5.74) is 2.59. The van der Waals surface area contributed by atoms with Gasteiger partial charge in [-0.25, -0.2) is 4.98 Å². The summed E-state index contributed by atoms with van der Waals surface area (Å²) < 4.78 is 5.38. The Morgan fingerprint density at radius 1 is 1.18 bits per heavy atom. The van der Waals surface area contributed by atoms with E-state index in [9.17, 15) is 4.79 Å². The molecule has 0 aliphatic rings. The number of hydrogen-bond donors (Lipinski definition) is 1. The van der Waals surface area contributed by atoms with Gasteiger partial charge in [-0.05, 0) is 42.8 Å². The second-order valence-electron chi connectivity index (χ2n) is 4.80. The molecule has 1 N–H and O–H groups in total. The van der Waals surface area contributed by atoms with Crippen LogP contribution in [-0.2, 0) is 0 Å². The highest BCUT2D eigenvalue weighted by molar-refractivity contribution is 6.05. The van der Waals surface area contributed by atoms with E-state index in [-0.39, 0.29) is 5.78 Å². The van der Waals surface area contributed by atoms with Gasteiger partial charge >= 0.3 is 0 Å². The van der Waals surface area contributed by atoms with Gasteiger partial charge in [-0.1, -0.05) is 30.3 Å². The number of ketones is 1. The van der Waals surface area contributed by atoms with Crippen LogP contribution in [0.1, 0.15) is 23.1 Å². The van der Waals surface area contributed by atoms with E-state index in [0.717, 1.165) is 22.3 Å². The number of hydrogen-bond acceptors (Lipinski definition) is 3. The highest BCUT2D eigenvalue weighted by atomic mass is 16.5. The van der Waals surface area contributed by atoms with Crippen LogP contribution in [0.5, 0.6) is 5.75 Å². The Balaban J connectivity index is 1.75. The third-order valence-electron chi connectivity index (χ3n) is 3.24. The Labute approximate surface area is 128 Å². The van der Waals surface area contributed by atoms with Crippen molar-refractivity contribution in [3.8, 4) is 5.75 Å². The minimum Gasteiger partial charge on any atom is -0.494 e. The molecule has 22 heavy (non-hydrogen) atoms. The first-order chi connectivity index (χ1) is 10.8. The molecule has 0 bridgehead atoms. The van der Waals surface area contributed by atoms with Crippen LogP contribution < -0.4 is 4.74 Å². The Bertz CT molecular complexity index is 783. The van der Waals surface area contributed by atoms with Crippen molar-refractivity contribution in [2.45, 2.75) is 6.92 Å². The number of rotatable bonds is 5. The van der Waals surface area contributed by atoms with Crippen LogP contribution in [0.3, 0.4) is 0 Å². The van der Waals surface area contributed by atoms with Gasteiger partial charge in [0.1, 0.15) is 5.75 Å². The average molecular weight is 292 g/mol. The molecule has 4 nitrogen and oxygen atoms in total. The van der Waals surface area contributed by atoms with Gasteiger partial charge in [-0.3, -0.25) is 4.79 Å². The molecule has 0 aliphatic carbocycles. The first-order valence-corrected chi connectivity index (χ1v) is 7.16. The van der Waals surface area contributed by atoms with Crippen LogP contribution in [0.15, 0.2) is 54.6 Å². The Morgan fingerprint density at radius 3 is 2.68 bits per heavy atom. The molecule has 0 aliphatic heterocycles. The number of fused-ring (bicyclic) bond motifs is 1. The Kier molecular flexibility index (Phi) is 4.01. The summed E-state index contributed by atoms with van der Waals surface area (Å²) in [6, 6.07) is 15.2. The Hall–Kier alpha value is -2.88. The van der Waals surface area contributed by atoms with Crippen molar-refractivity contribution in [2.75, 3.05) is 6.61 Å². The third kappa shape index (κ3) is 3.06. The van der Waals surface area contributed by atoms with E-state index < -0.39 is 0 Å². The van der Waals surface area contributed by atoms with Crippen molar-refractivity contribution in [1.82, 2.24) is 9.97 Å². The highest BCUT2D eigenvalue weighted by Gasteiger charge is 2.07. The van der Waals surface area contributed by atoms with Crippen LogP contribution >= 0.6 is 0 Å². The molecule has 0 unspecified atom stereocenters. The predicted octanol–water partition coefficient (Wildman–Crippen LogP) is 3.86. The van der Waals surface area contributed by atoms with E-state index in [0.29, 0.717) is 12.4 Å². The number of imidazole rings is 1. The molecule has 0 saturated carbocycles. The molecule has 1 heterocycles. The van der Waals surface area contributed by atoms with Crippen molar-refractivity contribution >= 4 is 22.9 Å². The predicted molar refractivity (Wildman–Crippen MR) is 87.1 cm³/mol. The third-order valence-corrected chi connectivity index (χ3v) is 3.24. The van der Waals surface area contributed by atoms with Crippen molar-refractivity contribution in [3.05, 3.63) is 66.0 Å². The van der Waals surface area contributed by atoms with Crippen LogP contribution in [-0.4, -0.2) is 22.4 Å². The zero-order valence-corrected chi connectivity index (χ0v) is 12.2. The number of benzene rings is 2. The molecule has 0 fully saturated rings. The quantitative estimate of drug-likeness (QED) is 0.574. The molecule has 1 aromatic heterocycles. The summed E-state index contributed by atoms with van der Waals surface area (Å²) >= 11 is 0. The molecular formula is C18H16N2O2. The lowest BCUT2D eigenvalue weighted by Gasteiger charge is -2.01. The van der Waals surface area contributed by atoms with Gasteiger partial charge in [0.15, 0.2) is 5.82 Å². The van der Waals surface area contributed by atoms with E-state index in [4.69, 9.17) is 4.74 Å². The second kappa shape index (κ2) is 6.26. The maximum atomic E-state index is 12.2. The average Bonchev–Trinajstić information content (AvgIpc) is 2.98. The zero-order chi connectivity index (χ0) is 15.4. The molecule has 4 heteroatoms. The number of carbonyl (C=O) groups excluding carboxylic acids is 1. The largest absolute Gasteiger partial charge is 0.494 e. The van der Waals surface area contributed by atoms with Crippen LogP contribution in [0.4, 0.5) is 0 Å². The topological polar surface area (TPSA) is 55.0 Å². The number of para-hydroxylation sites is 2. The number of ether oxygens (including phenoxy) is 1. The molecule has 2 aromatic carbocycles. The van der Waals surface area contributed by atoms with Gasteiger partial charge in [-0.2, -0.15) is 0 Å². The van der Waals surface area contributed by atoms with Gasteiger partial charge in [-0.15, -0.1) is 0 Å². The maximum Gasteiger partial charge on any atom is 0.221 e. The molecule has 0 radical (unpaired) electrons. The lowest BCUT2D eigenvalue weighted by Crippen LogP contribution is -1.96. The number of allylic oxidation sites excluding steroid dienone is 1. The van der Waals surface area contributed by atoms with Gasteiger partial charge in [0.2, 0.25) is 5.78 Å². The normalized spacial score (nSPS) is 11.1. The van der Waals surface area contributed by atoms with Gasteiger partial charge < -0.3 is 9.72 Å².